The standard InChI is InChI=1S/C6H13NO6/c7-13-6(4(11)2-9)5(12)3(10)1-8/h2-6,8,10-12H,1,7H2/t3-,4+,5+,6-/m1/s1. The molecule has 13 heavy (non-hydrogen) atoms. The van der Waals surface area contributed by atoms with Crippen LogP contribution < -0.4 is 5.90 Å². The van der Waals surface area contributed by atoms with Gasteiger partial charge in [0.25, 0.3) is 0 Å². The van der Waals surface area contributed by atoms with Crippen LogP contribution in [0.15, 0.2) is 0 Å². The van der Waals surface area contributed by atoms with Crippen molar-refractivity contribution in [3.8, 4) is 0 Å². The van der Waals surface area contributed by atoms with E-state index in [0.29, 0.717) is 0 Å². The number of hydrogen-bond donors (Lipinski definition) is 5. The lowest BCUT2D eigenvalue weighted by Gasteiger charge is -2.25. The zero-order valence-electron chi connectivity index (χ0n) is 6.78. The second kappa shape index (κ2) is 5.97. The molecule has 0 aromatic heterocycles. The number of aldehydes is 1. The third-order valence-electron chi connectivity index (χ3n) is 1.55. The number of carbonyl (C=O) groups excluding carboxylic acids is 1. The van der Waals surface area contributed by atoms with Crippen molar-refractivity contribution in [2.75, 3.05) is 6.61 Å². The van der Waals surface area contributed by atoms with Crippen molar-refractivity contribution in [2.45, 2.75) is 24.4 Å². The Labute approximate surface area is 74.3 Å². The van der Waals surface area contributed by atoms with E-state index < -0.39 is 31.0 Å². The lowest BCUT2D eigenvalue weighted by molar-refractivity contribution is -0.151. The summed E-state index contributed by atoms with van der Waals surface area (Å²) in [5.74, 6) is 4.67. The van der Waals surface area contributed by atoms with Gasteiger partial charge in [0, 0.05) is 0 Å². The first-order valence-corrected chi connectivity index (χ1v) is 3.54. The average Bonchev–Trinajstić information content (AvgIpc) is 2.17. The van der Waals surface area contributed by atoms with Crippen molar-refractivity contribution in [1.82, 2.24) is 0 Å². The summed E-state index contributed by atoms with van der Waals surface area (Å²) >= 11 is 0. The van der Waals surface area contributed by atoms with Crippen molar-refractivity contribution < 1.29 is 30.1 Å². The van der Waals surface area contributed by atoms with Crippen LogP contribution in [0.1, 0.15) is 0 Å². The van der Waals surface area contributed by atoms with E-state index in [-0.39, 0.29) is 6.29 Å². The van der Waals surface area contributed by atoms with Gasteiger partial charge in [0.15, 0.2) is 6.29 Å². The molecule has 7 nitrogen and oxygen atoms in total. The fraction of sp³-hybridized carbons (Fsp3) is 0.833. The quantitative estimate of drug-likeness (QED) is 0.219. The number of rotatable bonds is 6. The van der Waals surface area contributed by atoms with Gasteiger partial charge >= 0.3 is 0 Å². The van der Waals surface area contributed by atoms with Gasteiger partial charge in [0.2, 0.25) is 0 Å². The van der Waals surface area contributed by atoms with Crippen LogP contribution in [-0.4, -0.2) is 57.7 Å². The molecule has 0 bridgehead atoms. The maximum Gasteiger partial charge on any atom is 0.151 e. The first-order chi connectivity index (χ1) is 6.08. The van der Waals surface area contributed by atoms with Crippen molar-refractivity contribution in [3.05, 3.63) is 0 Å². The Morgan fingerprint density at radius 3 is 2.23 bits per heavy atom. The third-order valence-corrected chi connectivity index (χ3v) is 1.55. The first-order valence-electron chi connectivity index (χ1n) is 3.54. The molecule has 0 saturated heterocycles. The van der Waals surface area contributed by atoms with Crippen LogP contribution >= 0.6 is 0 Å². The van der Waals surface area contributed by atoms with E-state index in [1.54, 1.807) is 0 Å². The van der Waals surface area contributed by atoms with Gasteiger partial charge in [0.1, 0.15) is 24.4 Å². The summed E-state index contributed by atoms with van der Waals surface area (Å²) in [6.45, 7) is -0.730. The maximum absolute atomic E-state index is 10.1. The second-order valence-electron chi connectivity index (χ2n) is 2.47. The smallest absolute Gasteiger partial charge is 0.151 e. The van der Waals surface area contributed by atoms with Crippen molar-refractivity contribution in [2.24, 2.45) is 5.90 Å². The van der Waals surface area contributed by atoms with Crippen LogP contribution in [0.2, 0.25) is 0 Å². The minimum atomic E-state index is -1.65. The Morgan fingerprint density at radius 2 is 1.92 bits per heavy atom. The Bertz CT molecular complexity index is 154. The van der Waals surface area contributed by atoms with Crippen LogP contribution in [0.5, 0.6) is 0 Å². The number of aliphatic hydroxyl groups excluding tert-OH is 4. The predicted molar refractivity (Wildman–Crippen MR) is 40.2 cm³/mol. The van der Waals surface area contributed by atoms with Crippen LogP contribution in [0.25, 0.3) is 0 Å². The highest BCUT2D eigenvalue weighted by Gasteiger charge is 2.32. The number of carbonyl (C=O) groups is 1. The summed E-state index contributed by atoms with van der Waals surface area (Å²) in [7, 11) is 0. The summed E-state index contributed by atoms with van der Waals surface area (Å²) in [6.07, 6.45) is -6.16. The molecule has 0 radical (unpaired) electrons. The Hall–Kier alpha value is -0.570. The lowest BCUT2D eigenvalue weighted by atomic mass is 10.0. The average molecular weight is 195 g/mol. The fourth-order valence-electron chi connectivity index (χ4n) is 0.767. The Balaban J connectivity index is 4.29. The molecule has 7 heteroatoms. The van der Waals surface area contributed by atoms with Crippen LogP contribution in [0, 0.1) is 0 Å². The summed E-state index contributed by atoms with van der Waals surface area (Å²) in [6, 6.07) is 0. The molecule has 6 N–H and O–H groups in total. The molecule has 78 valence electrons. The molecular weight excluding hydrogens is 182 g/mol. The van der Waals surface area contributed by atoms with E-state index in [0.717, 1.165) is 0 Å². The fourth-order valence-corrected chi connectivity index (χ4v) is 0.767. The van der Waals surface area contributed by atoms with Crippen LogP contribution in [0.4, 0.5) is 0 Å². The molecule has 0 aromatic rings. The van der Waals surface area contributed by atoms with E-state index >= 15 is 0 Å². The van der Waals surface area contributed by atoms with Gasteiger partial charge < -0.3 is 25.2 Å². The van der Waals surface area contributed by atoms with Crippen LogP contribution in [-0.2, 0) is 9.63 Å². The summed E-state index contributed by atoms with van der Waals surface area (Å²) in [5, 5.41) is 35.4. The van der Waals surface area contributed by atoms with Gasteiger partial charge in [-0.2, -0.15) is 0 Å². The van der Waals surface area contributed by atoms with Gasteiger partial charge in [-0.05, 0) is 0 Å². The molecule has 0 aromatic carbocycles. The molecule has 0 rings (SSSR count). The van der Waals surface area contributed by atoms with E-state index in [2.05, 4.69) is 10.7 Å². The van der Waals surface area contributed by atoms with Crippen LogP contribution in [0.3, 0.4) is 0 Å². The molecule has 0 spiro atoms. The largest absolute Gasteiger partial charge is 0.394 e. The summed E-state index contributed by atoms with van der Waals surface area (Å²) in [4.78, 5) is 14.2. The molecule has 0 aliphatic rings. The summed E-state index contributed by atoms with van der Waals surface area (Å²) < 4.78 is 0. The molecule has 0 aliphatic heterocycles. The molecule has 0 heterocycles. The van der Waals surface area contributed by atoms with E-state index in [1.807, 2.05) is 0 Å². The zero-order valence-corrected chi connectivity index (χ0v) is 6.78. The van der Waals surface area contributed by atoms with Crippen molar-refractivity contribution in [1.29, 1.82) is 0 Å². The number of aliphatic hydroxyl groups is 4. The van der Waals surface area contributed by atoms with E-state index in [1.165, 1.54) is 0 Å². The monoisotopic (exact) mass is 195 g/mol. The highest BCUT2D eigenvalue weighted by atomic mass is 16.6. The molecule has 4 atom stereocenters. The molecular formula is C6H13NO6. The second-order valence-corrected chi connectivity index (χ2v) is 2.47. The number of nitrogens with two attached hydrogens (primary N) is 1. The SMILES string of the molecule is NO[C@@H]([C@@H](O)[C@H](O)CO)[C@@H](O)C=O. The normalized spacial score (nSPS) is 20.4. The van der Waals surface area contributed by atoms with Crippen molar-refractivity contribution in [3.63, 3.8) is 0 Å². The Kier molecular flexibility index (Phi) is 5.71. The first kappa shape index (κ1) is 12.4. The number of hydrogen-bond acceptors (Lipinski definition) is 7. The van der Waals surface area contributed by atoms with E-state index in [9.17, 15) is 4.79 Å². The van der Waals surface area contributed by atoms with Gasteiger partial charge in [-0.25, -0.2) is 5.90 Å². The van der Waals surface area contributed by atoms with Gasteiger partial charge in [-0.3, -0.25) is 4.84 Å². The van der Waals surface area contributed by atoms with E-state index in [4.69, 9.17) is 20.4 Å². The minimum absolute atomic E-state index is 0.102. The Morgan fingerprint density at radius 1 is 1.38 bits per heavy atom. The molecule has 0 saturated carbocycles. The van der Waals surface area contributed by atoms with Gasteiger partial charge in [0.05, 0.1) is 6.61 Å². The topological polar surface area (TPSA) is 133 Å². The lowest BCUT2D eigenvalue weighted by Crippen LogP contribution is -2.49. The van der Waals surface area contributed by atoms with Gasteiger partial charge in [-0.15, -0.1) is 0 Å². The third kappa shape index (κ3) is 3.35. The molecule has 0 unspecified atom stereocenters. The molecule has 0 aliphatic carbocycles. The highest BCUT2D eigenvalue weighted by molar-refractivity contribution is 5.56. The van der Waals surface area contributed by atoms with Crippen molar-refractivity contribution >= 4 is 6.29 Å². The highest BCUT2D eigenvalue weighted by Crippen LogP contribution is 2.06. The van der Waals surface area contributed by atoms with Gasteiger partial charge in [-0.1, -0.05) is 0 Å². The summed E-state index contributed by atoms with van der Waals surface area (Å²) in [5.41, 5.74) is 0. The molecule has 0 fully saturated rings. The maximum atomic E-state index is 10.1. The molecule has 0 amide bonds. The minimum Gasteiger partial charge on any atom is -0.394 e. The predicted octanol–water partition coefficient (Wildman–Crippen LogP) is -3.48. The zero-order chi connectivity index (χ0) is 10.4.